The Morgan fingerprint density at radius 3 is 1.91 bits per heavy atom. The van der Waals surface area contributed by atoms with E-state index < -0.39 is 5.67 Å². The van der Waals surface area contributed by atoms with Crippen LogP contribution in [0.1, 0.15) is 44.9 Å². The lowest BCUT2D eigenvalue weighted by molar-refractivity contribution is 0.131. The molecule has 2 N–H and O–H groups in total. The zero-order valence-electron chi connectivity index (χ0n) is 7.11. The number of alkyl halides is 1. The van der Waals surface area contributed by atoms with Crippen molar-refractivity contribution in [3.8, 4) is 0 Å². The molecule has 0 amide bonds. The molecule has 0 heterocycles. The second kappa shape index (κ2) is 4.05. The number of rotatable bonds is 1. The van der Waals surface area contributed by atoms with Crippen molar-refractivity contribution in [1.29, 1.82) is 0 Å². The fourth-order valence-electron chi connectivity index (χ4n) is 1.74. The lowest BCUT2D eigenvalue weighted by Gasteiger charge is -2.25. The molecule has 1 aliphatic rings. The van der Waals surface area contributed by atoms with Crippen LogP contribution in [0.2, 0.25) is 0 Å². The van der Waals surface area contributed by atoms with Gasteiger partial charge in [-0.2, -0.15) is 0 Å². The SMILES string of the molecule is NCC1(F)CCCCCCC1. The molecular weight excluding hydrogens is 141 g/mol. The molecule has 2 heteroatoms. The predicted molar refractivity (Wildman–Crippen MR) is 45.2 cm³/mol. The van der Waals surface area contributed by atoms with Crippen LogP contribution in [0.5, 0.6) is 0 Å². The topological polar surface area (TPSA) is 26.0 Å². The molecule has 1 aliphatic carbocycles. The quantitative estimate of drug-likeness (QED) is 0.624. The van der Waals surface area contributed by atoms with Gasteiger partial charge in [0.2, 0.25) is 0 Å². The summed E-state index contributed by atoms with van der Waals surface area (Å²) < 4.78 is 13.6. The smallest absolute Gasteiger partial charge is 0.123 e. The van der Waals surface area contributed by atoms with Gasteiger partial charge >= 0.3 is 0 Å². The fourth-order valence-corrected chi connectivity index (χ4v) is 1.74. The second-order valence-corrected chi connectivity index (χ2v) is 3.62. The summed E-state index contributed by atoms with van der Waals surface area (Å²) in [6.07, 6.45) is 7.06. The number of hydrogen-bond acceptors (Lipinski definition) is 1. The van der Waals surface area contributed by atoms with Gasteiger partial charge < -0.3 is 5.73 Å². The van der Waals surface area contributed by atoms with Gasteiger partial charge in [0.25, 0.3) is 0 Å². The van der Waals surface area contributed by atoms with Crippen molar-refractivity contribution in [2.24, 2.45) is 5.73 Å². The Morgan fingerprint density at radius 1 is 1.00 bits per heavy atom. The Balaban J connectivity index is 2.37. The first kappa shape index (κ1) is 8.98. The maximum absolute atomic E-state index is 13.6. The van der Waals surface area contributed by atoms with Crippen molar-refractivity contribution in [1.82, 2.24) is 0 Å². The first-order valence-corrected chi connectivity index (χ1v) is 4.66. The molecule has 0 radical (unpaired) electrons. The van der Waals surface area contributed by atoms with Gasteiger partial charge in [-0.1, -0.05) is 32.1 Å². The first-order chi connectivity index (χ1) is 5.27. The van der Waals surface area contributed by atoms with Crippen LogP contribution in [0.25, 0.3) is 0 Å². The Morgan fingerprint density at radius 2 is 1.45 bits per heavy atom. The molecule has 1 saturated carbocycles. The van der Waals surface area contributed by atoms with E-state index in [0.29, 0.717) is 12.8 Å². The van der Waals surface area contributed by atoms with Crippen LogP contribution in [0.3, 0.4) is 0 Å². The molecule has 1 nitrogen and oxygen atoms in total. The van der Waals surface area contributed by atoms with E-state index in [9.17, 15) is 4.39 Å². The zero-order chi connectivity index (χ0) is 8.16. The molecule has 66 valence electrons. The van der Waals surface area contributed by atoms with Crippen LogP contribution in [0.4, 0.5) is 4.39 Å². The highest BCUT2D eigenvalue weighted by Gasteiger charge is 2.27. The summed E-state index contributed by atoms with van der Waals surface area (Å²) >= 11 is 0. The Hall–Kier alpha value is -0.110. The summed E-state index contributed by atoms with van der Waals surface area (Å²) in [5, 5.41) is 0. The highest BCUT2D eigenvalue weighted by Crippen LogP contribution is 2.28. The molecule has 0 saturated heterocycles. The van der Waals surface area contributed by atoms with E-state index in [-0.39, 0.29) is 6.54 Å². The predicted octanol–water partition coefficient (Wildman–Crippen LogP) is 2.40. The largest absolute Gasteiger partial charge is 0.328 e. The van der Waals surface area contributed by atoms with Gasteiger partial charge in [-0.15, -0.1) is 0 Å². The van der Waals surface area contributed by atoms with Crippen molar-refractivity contribution < 1.29 is 4.39 Å². The third-order valence-electron chi connectivity index (χ3n) is 2.62. The first-order valence-electron chi connectivity index (χ1n) is 4.66. The van der Waals surface area contributed by atoms with Gasteiger partial charge in [-0.25, -0.2) is 4.39 Å². The summed E-state index contributed by atoms with van der Waals surface area (Å²) in [5.41, 5.74) is 4.36. The molecule has 1 rings (SSSR count). The molecule has 0 atom stereocenters. The van der Waals surface area contributed by atoms with Gasteiger partial charge in [0.1, 0.15) is 5.67 Å². The van der Waals surface area contributed by atoms with Gasteiger partial charge in [-0.3, -0.25) is 0 Å². The van der Waals surface area contributed by atoms with E-state index in [1.165, 1.54) is 19.3 Å². The lowest BCUT2D eigenvalue weighted by Crippen LogP contribution is -2.33. The molecule has 0 aromatic heterocycles. The molecule has 0 bridgehead atoms. The minimum Gasteiger partial charge on any atom is -0.328 e. The molecule has 0 aromatic rings. The molecule has 0 aliphatic heterocycles. The maximum atomic E-state index is 13.6. The van der Waals surface area contributed by atoms with Gasteiger partial charge in [-0.05, 0) is 12.8 Å². The van der Waals surface area contributed by atoms with Gasteiger partial charge in [0, 0.05) is 6.54 Å². The van der Waals surface area contributed by atoms with Crippen LogP contribution < -0.4 is 5.73 Å². The standard InChI is InChI=1S/C9H18FN/c10-9(8-11)6-4-2-1-3-5-7-9/h1-8,11H2. The summed E-state index contributed by atoms with van der Waals surface area (Å²) in [4.78, 5) is 0. The minimum absolute atomic E-state index is 0.215. The third kappa shape index (κ3) is 2.78. The molecule has 0 spiro atoms. The van der Waals surface area contributed by atoms with Gasteiger partial charge in [0.05, 0.1) is 0 Å². The average molecular weight is 159 g/mol. The zero-order valence-corrected chi connectivity index (χ0v) is 7.11. The van der Waals surface area contributed by atoms with E-state index in [0.717, 1.165) is 12.8 Å². The van der Waals surface area contributed by atoms with E-state index in [2.05, 4.69) is 0 Å². The van der Waals surface area contributed by atoms with E-state index in [1.807, 2.05) is 0 Å². The van der Waals surface area contributed by atoms with Crippen molar-refractivity contribution in [2.75, 3.05) is 6.54 Å². The van der Waals surface area contributed by atoms with Crippen molar-refractivity contribution in [2.45, 2.75) is 50.6 Å². The van der Waals surface area contributed by atoms with E-state index in [1.54, 1.807) is 0 Å². The summed E-state index contributed by atoms with van der Waals surface area (Å²) in [6.45, 7) is 0.215. The molecule has 0 aromatic carbocycles. The fraction of sp³-hybridized carbons (Fsp3) is 1.00. The van der Waals surface area contributed by atoms with Gasteiger partial charge in [0.15, 0.2) is 0 Å². The highest BCUT2D eigenvalue weighted by atomic mass is 19.1. The van der Waals surface area contributed by atoms with Crippen LogP contribution >= 0.6 is 0 Å². The molecule has 11 heavy (non-hydrogen) atoms. The Labute approximate surface area is 68.2 Å². The lowest BCUT2D eigenvalue weighted by atomic mass is 9.89. The van der Waals surface area contributed by atoms with Crippen molar-refractivity contribution in [3.05, 3.63) is 0 Å². The molecular formula is C9H18FN. The van der Waals surface area contributed by atoms with Crippen LogP contribution in [-0.4, -0.2) is 12.2 Å². The molecule has 0 unspecified atom stereocenters. The Kier molecular flexibility index (Phi) is 3.31. The average Bonchev–Trinajstić information content (AvgIpc) is 1.98. The Bertz CT molecular complexity index is 106. The summed E-state index contributed by atoms with van der Waals surface area (Å²) in [6, 6.07) is 0. The third-order valence-corrected chi connectivity index (χ3v) is 2.62. The summed E-state index contributed by atoms with van der Waals surface area (Å²) in [5.74, 6) is 0. The van der Waals surface area contributed by atoms with Crippen LogP contribution in [-0.2, 0) is 0 Å². The molecule has 1 fully saturated rings. The maximum Gasteiger partial charge on any atom is 0.123 e. The van der Waals surface area contributed by atoms with Crippen LogP contribution in [0, 0.1) is 0 Å². The van der Waals surface area contributed by atoms with Crippen molar-refractivity contribution in [3.63, 3.8) is 0 Å². The monoisotopic (exact) mass is 159 g/mol. The van der Waals surface area contributed by atoms with Crippen molar-refractivity contribution >= 4 is 0 Å². The van der Waals surface area contributed by atoms with E-state index >= 15 is 0 Å². The second-order valence-electron chi connectivity index (χ2n) is 3.62. The van der Waals surface area contributed by atoms with Crippen LogP contribution in [0.15, 0.2) is 0 Å². The normalized spacial score (nSPS) is 25.6. The van der Waals surface area contributed by atoms with E-state index in [4.69, 9.17) is 5.73 Å². The number of nitrogens with two attached hydrogens (primary N) is 1. The number of hydrogen-bond donors (Lipinski definition) is 1. The highest BCUT2D eigenvalue weighted by molar-refractivity contribution is 4.81. The minimum atomic E-state index is -1.03. The summed E-state index contributed by atoms with van der Waals surface area (Å²) in [7, 11) is 0. The number of halogens is 1.